The average Bonchev–Trinajstić information content (AvgIpc) is 3.75. The van der Waals surface area contributed by atoms with Crippen molar-refractivity contribution in [1.29, 1.82) is 0 Å². The quantitative estimate of drug-likeness (QED) is 0.0509. The number of esters is 1. The smallest absolute Gasteiger partial charge is 0.410 e. The minimum absolute atomic E-state index is 0.0369. The minimum atomic E-state index is -0.927. The third-order valence-corrected chi connectivity index (χ3v) is 13.6. The molecule has 2 saturated heterocycles. The second-order valence-corrected chi connectivity index (χ2v) is 19.7. The van der Waals surface area contributed by atoms with Crippen LogP contribution in [0.4, 0.5) is 14.4 Å². The van der Waals surface area contributed by atoms with Crippen LogP contribution in [-0.4, -0.2) is 100 Å². The molecule has 68 heavy (non-hydrogen) atoms. The Morgan fingerprint density at radius 2 is 1.54 bits per heavy atom. The van der Waals surface area contributed by atoms with Crippen LogP contribution >= 0.6 is 11.8 Å². The van der Waals surface area contributed by atoms with Gasteiger partial charge in [0.15, 0.2) is 11.9 Å². The summed E-state index contributed by atoms with van der Waals surface area (Å²) in [6.45, 7) is 13.5. The number of β-lactam (4-membered cyclic amide) rings is 1. The molecule has 15 heteroatoms. The SMILES string of the molecule is C=CCOC(=O)N(C)Cc1ccc([C@H]2CC(CC3CC/C(=C\C4=C(C(=O)OC(c5ccccc5)c5ccccc5)N5C(=O)[C@@H](NC(=O)OC(C)(C)C)[C@H]5SC4)C(=O)C3)CN2C(=O)OCC=C)cc1. The molecule has 5 atom stereocenters. The maximum absolute atomic E-state index is 14.6. The predicted octanol–water partition coefficient (Wildman–Crippen LogP) is 9.21. The van der Waals surface area contributed by atoms with E-state index >= 15 is 0 Å². The molecule has 0 radical (unpaired) electrons. The van der Waals surface area contributed by atoms with E-state index in [4.69, 9.17) is 18.9 Å². The number of fused-ring (bicyclic) bond motifs is 1. The number of ketones is 1. The van der Waals surface area contributed by atoms with Crippen LogP contribution < -0.4 is 5.32 Å². The minimum Gasteiger partial charge on any atom is -0.448 e. The molecule has 3 aromatic carbocycles. The topological polar surface area (TPSA) is 161 Å². The monoisotopic (exact) mass is 944 g/mol. The third kappa shape index (κ3) is 11.9. The summed E-state index contributed by atoms with van der Waals surface area (Å²) in [5.74, 6) is -0.792. The zero-order valence-corrected chi connectivity index (χ0v) is 39.9. The number of rotatable bonds is 15. The number of carbonyl (C=O) groups is 6. The van der Waals surface area contributed by atoms with Gasteiger partial charge in [-0.15, -0.1) is 11.8 Å². The predicted molar refractivity (Wildman–Crippen MR) is 258 cm³/mol. The van der Waals surface area contributed by atoms with E-state index in [0.29, 0.717) is 49.9 Å². The van der Waals surface area contributed by atoms with Crippen LogP contribution in [0.1, 0.15) is 87.3 Å². The average molecular weight is 945 g/mol. The van der Waals surface area contributed by atoms with Crippen molar-refractivity contribution in [2.24, 2.45) is 11.8 Å². The van der Waals surface area contributed by atoms with Crippen molar-refractivity contribution in [2.75, 3.05) is 32.6 Å². The van der Waals surface area contributed by atoms with Crippen LogP contribution in [0, 0.1) is 11.8 Å². The second-order valence-electron chi connectivity index (χ2n) is 18.6. The van der Waals surface area contributed by atoms with Crippen LogP contribution in [0.3, 0.4) is 0 Å². The fourth-order valence-electron chi connectivity index (χ4n) is 9.20. The van der Waals surface area contributed by atoms with Crippen molar-refractivity contribution < 1.29 is 47.7 Å². The fourth-order valence-corrected chi connectivity index (χ4v) is 10.5. The van der Waals surface area contributed by atoms with E-state index in [-0.39, 0.29) is 48.3 Å². The van der Waals surface area contributed by atoms with Gasteiger partial charge in [-0.05, 0) is 97.8 Å². The van der Waals surface area contributed by atoms with Gasteiger partial charge < -0.3 is 34.1 Å². The Bertz CT molecular complexity index is 2390. The van der Waals surface area contributed by atoms with Crippen LogP contribution in [0.2, 0.25) is 0 Å². The normalized spacial score (nSPS) is 22.0. The zero-order valence-electron chi connectivity index (χ0n) is 39.1. The summed E-state index contributed by atoms with van der Waals surface area (Å²) in [5, 5.41) is 2.09. The number of allylic oxidation sites excluding steroid dienone is 2. The van der Waals surface area contributed by atoms with Gasteiger partial charge in [0.1, 0.15) is 35.9 Å². The van der Waals surface area contributed by atoms with Crippen molar-refractivity contribution >= 4 is 47.7 Å². The van der Waals surface area contributed by atoms with Gasteiger partial charge in [0.2, 0.25) is 0 Å². The first-order valence-electron chi connectivity index (χ1n) is 23.0. The van der Waals surface area contributed by atoms with Gasteiger partial charge in [0.05, 0.1) is 6.04 Å². The zero-order chi connectivity index (χ0) is 48.5. The molecule has 0 bridgehead atoms. The summed E-state index contributed by atoms with van der Waals surface area (Å²) in [4.78, 5) is 85.7. The number of nitrogens with one attached hydrogen (secondary N) is 1. The maximum Gasteiger partial charge on any atom is 0.410 e. The van der Waals surface area contributed by atoms with E-state index in [1.807, 2.05) is 84.9 Å². The van der Waals surface area contributed by atoms with Crippen molar-refractivity contribution in [1.82, 2.24) is 20.0 Å². The summed E-state index contributed by atoms with van der Waals surface area (Å²) in [5.41, 5.74) is 3.66. The van der Waals surface area contributed by atoms with Crippen molar-refractivity contribution in [3.05, 3.63) is 155 Å². The molecule has 3 heterocycles. The molecule has 14 nitrogen and oxygen atoms in total. The first-order valence-corrected chi connectivity index (χ1v) is 24.0. The number of alkyl carbamates (subject to hydrolysis) is 1. The molecule has 3 aromatic rings. The molecular weight excluding hydrogens is 885 g/mol. The maximum atomic E-state index is 14.6. The van der Waals surface area contributed by atoms with Crippen molar-refractivity contribution in [2.45, 2.75) is 88.6 Å². The van der Waals surface area contributed by atoms with E-state index in [9.17, 15) is 28.8 Å². The Labute approximate surface area is 402 Å². The van der Waals surface area contributed by atoms with Crippen molar-refractivity contribution in [3.63, 3.8) is 0 Å². The highest BCUT2D eigenvalue weighted by atomic mass is 32.2. The van der Waals surface area contributed by atoms with Gasteiger partial charge in [0.25, 0.3) is 5.91 Å². The van der Waals surface area contributed by atoms with Gasteiger partial charge in [-0.1, -0.05) is 110 Å². The van der Waals surface area contributed by atoms with Crippen LogP contribution in [0.25, 0.3) is 0 Å². The number of benzene rings is 3. The van der Waals surface area contributed by atoms with E-state index in [2.05, 4.69) is 18.5 Å². The second kappa shape index (κ2) is 22.0. The van der Waals surface area contributed by atoms with Crippen LogP contribution in [0.15, 0.2) is 133 Å². The molecule has 1 aliphatic carbocycles. The standard InChI is InChI=1S/C53H60N4O10S/c1-7-25-64-51(62)55(6)31-34-19-22-37(23-20-34)42-28-36(32-56(42)52(63)65-26-8-2)27-35-21-24-40(43(58)29-35)30-41-33-68-48-44(54-50(61)67-53(3,4)5)47(59)57(48)45(41)49(60)66-46(38-15-11-9-12-16-38)39-17-13-10-14-18-39/h7-20,22-23,30,35-36,42,44,46,48H,1-2,21,24-29,31-33H2,3-6H3,(H,54,61)/b40-30+/t35?,36?,42-,44-,48-/m1/s1. The number of hydrogen-bond donors (Lipinski definition) is 1. The third-order valence-electron chi connectivity index (χ3n) is 12.3. The summed E-state index contributed by atoms with van der Waals surface area (Å²) in [6.07, 6.45) is 5.28. The number of ether oxygens (including phenoxy) is 4. The largest absolute Gasteiger partial charge is 0.448 e. The summed E-state index contributed by atoms with van der Waals surface area (Å²) in [6, 6.07) is 25.4. The molecule has 358 valence electrons. The molecule has 4 amide bonds. The lowest BCUT2D eigenvalue weighted by atomic mass is 9.78. The highest BCUT2D eigenvalue weighted by molar-refractivity contribution is 8.00. The molecule has 7 rings (SSSR count). The van der Waals surface area contributed by atoms with E-state index in [1.54, 1.807) is 38.8 Å². The first kappa shape index (κ1) is 49.3. The molecule has 3 aliphatic heterocycles. The van der Waals surface area contributed by atoms with Gasteiger partial charge in [-0.25, -0.2) is 19.2 Å². The van der Waals surface area contributed by atoms with Crippen LogP contribution in [-0.2, 0) is 39.9 Å². The lowest BCUT2D eigenvalue weighted by molar-refractivity contribution is -0.153. The van der Waals surface area contributed by atoms with Gasteiger partial charge >= 0.3 is 24.2 Å². The Balaban J connectivity index is 1.08. The van der Waals surface area contributed by atoms with E-state index in [1.165, 1.54) is 33.7 Å². The summed E-state index contributed by atoms with van der Waals surface area (Å²) >= 11 is 1.39. The fraction of sp³-hybridized carbons (Fsp3) is 0.396. The Morgan fingerprint density at radius 3 is 2.16 bits per heavy atom. The molecule has 2 unspecified atom stereocenters. The van der Waals surface area contributed by atoms with E-state index in [0.717, 1.165) is 28.7 Å². The van der Waals surface area contributed by atoms with Crippen molar-refractivity contribution in [3.8, 4) is 0 Å². The van der Waals surface area contributed by atoms with Gasteiger partial charge in [0, 0.05) is 32.3 Å². The van der Waals surface area contributed by atoms with Gasteiger partial charge in [-0.3, -0.25) is 14.5 Å². The summed E-state index contributed by atoms with van der Waals surface area (Å²) in [7, 11) is 1.66. The number of likely N-dealkylation sites (tertiary alicyclic amines) is 1. The number of carbonyl (C=O) groups excluding carboxylic acids is 6. The first-order chi connectivity index (χ1) is 32.6. The van der Waals surface area contributed by atoms with E-state index < -0.39 is 53.3 Å². The highest BCUT2D eigenvalue weighted by Crippen LogP contribution is 2.44. The Kier molecular flexibility index (Phi) is 16.0. The Morgan fingerprint density at radius 1 is 0.897 bits per heavy atom. The molecule has 3 fully saturated rings. The molecule has 1 saturated carbocycles. The molecule has 0 aromatic heterocycles. The number of amides is 4. The number of thioether (sulfide) groups is 1. The number of hydrogen-bond acceptors (Lipinski definition) is 11. The molecule has 4 aliphatic rings. The Hall–Kier alpha value is -6.61. The highest BCUT2D eigenvalue weighted by Gasteiger charge is 2.55. The number of Topliss-reactive ketones (excluding diaryl/α,β-unsaturated/α-hetero) is 1. The van der Waals surface area contributed by atoms with Gasteiger partial charge in [-0.2, -0.15) is 0 Å². The molecular formula is C53H60N4O10S. The lowest BCUT2D eigenvalue weighted by Gasteiger charge is -2.49. The molecule has 1 N–H and O–H groups in total. The molecule has 0 spiro atoms. The number of nitrogens with zero attached hydrogens (tertiary/aromatic N) is 3. The lowest BCUT2D eigenvalue weighted by Crippen LogP contribution is -2.70. The summed E-state index contributed by atoms with van der Waals surface area (Å²) < 4.78 is 22.4. The van der Waals surface area contributed by atoms with Crippen LogP contribution in [0.5, 0.6) is 0 Å².